The Labute approximate surface area is 121 Å². The van der Waals surface area contributed by atoms with Gasteiger partial charge in [-0.1, -0.05) is 47.5 Å². The van der Waals surface area contributed by atoms with Gasteiger partial charge in [0.05, 0.1) is 10.9 Å². The lowest BCUT2D eigenvalue weighted by Gasteiger charge is -2.13. The van der Waals surface area contributed by atoms with Gasteiger partial charge in [-0.25, -0.2) is 4.39 Å². The zero-order valence-electron chi connectivity index (χ0n) is 10.9. The van der Waals surface area contributed by atoms with E-state index in [0.29, 0.717) is 11.1 Å². The molecule has 0 aliphatic heterocycles. The minimum atomic E-state index is -0.927. The summed E-state index contributed by atoms with van der Waals surface area (Å²) in [6.45, 7) is 1.94. The zero-order chi connectivity index (χ0) is 14.7. The SMILES string of the molecule is Cc1ccc(C(Cc2ccc(Cl)c(F)c2)C(=O)O)cc1. The average Bonchev–Trinajstić information content (AvgIpc) is 2.41. The van der Waals surface area contributed by atoms with Gasteiger partial charge in [-0.15, -0.1) is 0 Å². The summed E-state index contributed by atoms with van der Waals surface area (Å²) < 4.78 is 13.4. The standard InChI is InChI=1S/C16H14ClFO2/c1-10-2-5-12(6-3-10)13(16(19)20)8-11-4-7-14(17)15(18)9-11/h2-7,9,13H,8H2,1H3,(H,19,20). The number of hydrogen-bond donors (Lipinski definition) is 1. The van der Waals surface area contributed by atoms with Crippen molar-refractivity contribution in [2.45, 2.75) is 19.3 Å². The maximum absolute atomic E-state index is 13.4. The Morgan fingerprint density at radius 1 is 1.25 bits per heavy atom. The van der Waals surface area contributed by atoms with Crippen molar-refractivity contribution in [2.75, 3.05) is 0 Å². The lowest BCUT2D eigenvalue weighted by molar-refractivity contribution is -0.138. The maximum Gasteiger partial charge on any atom is 0.311 e. The molecule has 104 valence electrons. The van der Waals surface area contributed by atoms with Crippen molar-refractivity contribution >= 4 is 17.6 Å². The second kappa shape index (κ2) is 6.06. The fourth-order valence-corrected chi connectivity index (χ4v) is 2.17. The van der Waals surface area contributed by atoms with E-state index in [-0.39, 0.29) is 11.4 Å². The van der Waals surface area contributed by atoms with E-state index < -0.39 is 17.7 Å². The number of aliphatic carboxylic acids is 1. The van der Waals surface area contributed by atoms with Gasteiger partial charge in [-0.2, -0.15) is 0 Å². The first kappa shape index (κ1) is 14.5. The summed E-state index contributed by atoms with van der Waals surface area (Å²) in [5, 5.41) is 9.40. The molecule has 20 heavy (non-hydrogen) atoms. The fourth-order valence-electron chi connectivity index (χ4n) is 2.05. The first-order chi connectivity index (χ1) is 9.47. The Morgan fingerprint density at radius 3 is 2.45 bits per heavy atom. The molecule has 0 fully saturated rings. The van der Waals surface area contributed by atoms with Crippen molar-refractivity contribution in [3.8, 4) is 0 Å². The molecule has 1 atom stereocenters. The van der Waals surface area contributed by atoms with E-state index in [1.165, 1.54) is 12.1 Å². The second-order valence-electron chi connectivity index (χ2n) is 4.75. The van der Waals surface area contributed by atoms with E-state index in [0.717, 1.165) is 5.56 Å². The number of carbonyl (C=O) groups is 1. The molecule has 1 N–H and O–H groups in total. The van der Waals surface area contributed by atoms with Gasteiger partial charge in [-0.3, -0.25) is 4.79 Å². The third kappa shape index (κ3) is 3.36. The highest BCUT2D eigenvalue weighted by Crippen LogP contribution is 2.24. The molecule has 0 aliphatic carbocycles. The monoisotopic (exact) mass is 292 g/mol. The number of halogens is 2. The third-order valence-corrected chi connectivity index (χ3v) is 3.51. The molecular formula is C16H14ClFO2. The van der Waals surface area contributed by atoms with Crippen LogP contribution in [0.3, 0.4) is 0 Å². The molecule has 4 heteroatoms. The Kier molecular flexibility index (Phi) is 4.40. The van der Waals surface area contributed by atoms with Crippen LogP contribution < -0.4 is 0 Å². The summed E-state index contributed by atoms with van der Waals surface area (Å²) in [5.74, 6) is -2.16. The number of aryl methyl sites for hydroxylation is 1. The van der Waals surface area contributed by atoms with Crippen LogP contribution in [0, 0.1) is 12.7 Å². The Morgan fingerprint density at radius 2 is 1.90 bits per heavy atom. The van der Waals surface area contributed by atoms with E-state index in [9.17, 15) is 14.3 Å². The number of hydrogen-bond acceptors (Lipinski definition) is 1. The lowest BCUT2D eigenvalue weighted by atomic mass is 9.91. The number of rotatable bonds is 4. The molecule has 0 saturated carbocycles. The summed E-state index contributed by atoms with van der Waals surface area (Å²) in [4.78, 5) is 11.4. The first-order valence-electron chi connectivity index (χ1n) is 6.20. The molecule has 2 aromatic rings. The second-order valence-corrected chi connectivity index (χ2v) is 5.16. The van der Waals surface area contributed by atoms with Gasteiger partial charge >= 0.3 is 5.97 Å². The number of benzene rings is 2. The molecule has 0 bridgehead atoms. The van der Waals surface area contributed by atoms with Crippen molar-refractivity contribution in [3.63, 3.8) is 0 Å². The minimum absolute atomic E-state index is 0.0379. The average molecular weight is 293 g/mol. The van der Waals surface area contributed by atoms with Crippen LogP contribution in [0.2, 0.25) is 5.02 Å². The van der Waals surface area contributed by atoms with Crippen molar-refractivity contribution in [2.24, 2.45) is 0 Å². The highest BCUT2D eigenvalue weighted by atomic mass is 35.5. The summed E-state index contributed by atoms with van der Waals surface area (Å²) in [5.41, 5.74) is 2.38. The molecule has 0 saturated heterocycles. The van der Waals surface area contributed by atoms with Crippen LogP contribution in [0.15, 0.2) is 42.5 Å². The molecule has 1 unspecified atom stereocenters. The van der Waals surface area contributed by atoms with Gasteiger partial charge in [0, 0.05) is 0 Å². The van der Waals surface area contributed by atoms with Gasteiger partial charge in [0.2, 0.25) is 0 Å². The third-order valence-electron chi connectivity index (χ3n) is 3.20. The van der Waals surface area contributed by atoms with Crippen LogP contribution in [0.1, 0.15) is 22.6 Å². The van der Waals surface area contributed by atoms with Crippen LogP contribution in [-0.4, -0.2) is 11.1 Å². The largest absolute Gasteiger partial charge is 0.481 e. The van der Waals surface area contributed by atoms with Gasteiger partial charge in [0.1, 0.15) is 5.82 Å². The van der Waals surface area contributed by atoms with E-state index in [1.54, 1.807) is 18.2 Å². The van der Waals surface area contributed by atoms with Crippen LogP contribution >= 0.6 is 11.6 Å². The van der Waals surface area contributed by atoms with Crippen molar-refractivity contribution < 1.29 is 14.3 Å². The molecule has 0 heterocycles. The lowest BCUT2D eigenvalue weighted by Crippen LogP contribution is -2.14. The van der Waals surface area contributed by atoms with Crippen molar-refractivity contribution in [1.82, 2.24) is 0 Å². The molecule has 0 aromatic heterocycles. The van der Waals surface area contributed by atoms with Gasteiger partial charge in [0.15, 0.2) is 0 Å². The normalized spacial score (nSPS) is 12.2. The quantitative estimate of drug-likeness (QED) is 0.917. The molecule has 0 spiro atoms. The van der Waals surface area contributed by atoms with Gasteiger partial charge < -0.3 is 5.11 Å². The molecule has 2 rings (SSSR count). The number of carboxylic acid groups (broad SMARTS) is 1. The molecule has 0 radical (unpaired) electrons. The minimum Gasteiger partial charge on any atom is -0.481 e. The highest BCUT2D eigenvalue weighted by Gasteiger charge is 2.20. The first-order valence-corrected chi connectivity index (χ1v) is 6.58. The van der Waals surface area contributed by atoms with E-state index in [4.69, 9.17) is 11.6 Å². The van der Waals surface area contributed by atoms with Crippen LogP contribution in [0.4, 0.5) is 4.39 Å². The Hall–Kier alpha value is -1.87. The molecule has 2 nitrogen and oxygen atoms in total. The van der Waals surface area contributed by atoms with Crippen molar-refractivity contribution in [1.29, 1.82) is 0 Å². The smallest absolute Gasteiger partial charge is 0.311 e. The van der Waals surface area contributed by atoms with Crippen LogP contribution in [0.5, 0.6) is 0 Å². The van der Waals surface area contributed by atoms with E-state index in [1.807, 2.05) is 19.1 Å². The van der Waals surface area contributed by atoms with Crippen LogP contribution in [-0.2, 0) is 11.2 Å². The molecule has 2 aromatic carbocycles. The summed E-state index contributed by atoms with van der Waals surface area (Å²) in [7, 11) is 0. The Balaban J connectivity index is 2.27. The van der Waals surface area contributed by atoms with Crippen LogP contribution in [0.25, 0.3) is 0 Å². The Bertz CT molecular complexity index is 623. The highest BCUT2D eigenvalue weighted by molar-refractivity contribution is 6.30. The predicted octanol–water partition coefficient (Wildman–Crippen LogP) is 4.20. The fraction of sp³-hybridized carbons (Fsp3) is 0.188. The molecular weight excluding hydrogens is 279 g/mol. The predicted molar refractivity (Wildman–Crippen MR) is 76.7 cm³/mol. The van der Waals surface area contributed by atoms with Gasteiger partial charge in [0.25, 0.3) is 0 Å². The van der Waals surface area contributed by atoms with E-state index >= 15 is 0 Å². The van der Waals surface area contributed by atoms with E-state index in [2.05, 4.69) is 0 Å². The maximum atomic E-state index is 13.4. The number of carboxylic acids is 1. The molecule has 0 aliphatic rings. The summed E-state index contributed by atoms with van der Waals surface area (Å²) in [6.07, 6.45) is 0.229. The van der Waals surface area contributed by atoms with Gasteiger partial charge in [-0.05, 0) is 36.6 Å². The van der Waals surface area contributed by atoms with Crippen molar-refractivity contribution in [3.05, 3.63) is 70.0 Å². The summed E-state index contributed by atoms with van der Waals surface area (Å²) in [6, 6.07) is 11.7. The molecule has 0 amide bonds. The zero-order valence-corrected chi connectivity index (χ0v) is 11.7. The summed E-state index contributed by atoms with van der Waals surface area (Å²) >= 11 is 5.62. The topological polar surface area (TPSA) is 37.3 Å².